The van der Waals surface area contributed by atoms with Gasteiger partial charge in [0, 0.05) is 38.0 Å². The van der Waals surface area contributed by atoms with Crippen LogP contribution in [0.1, 0.15) is 236 Å². The van der Waals surface area contributed by atoms with Gasteiger partial charge in [-0.2, -0.15) is 0 Å². The molecule has 1 unspecified atom stereocenters. The third-order valence-corrected chi connectivity index (χ3v) is 20.2. The van der Waals surface area contributed by atoms with Gasteiger partial charge in [-0.1, -0.05) is 117 Å². The fourth-order valence-electron chi connectivity index (χ4n) is 14.9. The first kappa shape index (κ1) is 67.1. The van der Waals surface area contributed by atoms with E-state index in [1.54, 1.807) is 18.2 Å². The topological polar surface area (TPSA) is 135 Å². The van der Waals surface area contributed by atoms with Crippen LogP contribution in [0.15, 0.2) is 66.7 Å². The van der Waals surface area contributed by atoms with Gasteiger partial charge in [0.15, 0.2) is 0 Å². The fraction of sp³-hybridized carbons (Fsp3) is 0.690. The third kappa shape index (κ3) is 17.5. The largest absolute Gasteiger partial charge is 0.368 e. The molecule has 4 atom stereocenters. The molecule has 0 saturated carbocycles. The first-order valence-corrected chi connectivity index (χ1v) is 32.7. The van der Waals surface area contributed by atoms with Crippen molar-refractivity contribution in [2.24, 2.45) is 16.2 Å². The summed E-state index contributed by atoms with van der Waals surface area (Å²) in [7, 11) is 0. The minimum Gasteiger partial charge on any atom is -0.368 e. The summed E-state index contributed by atoms with van der Waals surface area (Å²) in [4.78, 5) is 55.1. The molecule has 0 radical (unpaired) electrons. The number of piperidine rings is 3. The Kier molecular flexibility index (Phi) is 21.8. The molecule has 0 aromatic heterocycles. The summed E-state index contributed by atoms with van der Waals surface area (Å²) in [5.41, 5.74) is 7.33. The molecule has 12 nitrogen and oxygen atoms in total. The van der Waals surface area contributed by atoms with Gasteiger partial charge in [-0.3, -0.25) is 19.2 Å². The maximum absolute atomic E-state index is 15.1. The van der Waals surface area contributed by atoms with Gasteiger partial charge in [0.05, 0.1) is 18.6 Å². The highest BCUT2D eigenvalue weighted by Gasteiger charge is 2.55. The summed E-state index contributed by atoms with van der Waals surface area (Å²) in [6.45, 7) is 33.4. The molecule has 7 aliphatic rings. The summed E-state index contributed by atoms with van der Waals surface area (Å²) < 4.78 is 50.0. The van der Waals surface area contributed by atoms with E-state index in [1.807, 2.05) is 18.2 Å². The van der Waals surface area contributed by atoms with Crippen molar-refractivity contribution in [3.63, 3.8) is 0 Å². The number of hydrogen-bond acceptors (Lipinski definition) is 8. The van der Waals surface area contributed by atoms with Crippen molar-refractivity contribution in [3.8, 4) is 0 Å². The molecule has 3 aromatic rings. The van der Waals surface area contributed by atoms with Gasteiger partial charge in [0.25, 0.3) is 5.92 Å². The van der Waals surface area contributed by atoms with Gasteiger partial charge in [0.1, 0.15) is 18.0 Å². The van der Waals surface area contributed by atoms with E-state index in [2.05, 4.69) is 123 Å². The normalized spacial score (nSPS) is 24.2. The Morgan fingerprint density at radius 3 is 1.49 bits per heavy atom. The van der Waals surface area contributed by atoms with E-state index in [9.17, 15) is 23.6 Å². The Labute approximate surface area is 520 Å². The van der Waals surface area contributed by atoms with Gasteiger partial charge < -0.3 is 40.7 Å². The highest BCUT2D eigenvalue weighted by atomic mass is 19.3. The van der Waals surface area contributed by atoms with Gasteiger partial charge in [-0.25, -0.2) is 13.2 Å². The third-order valence-electron chi connectivity index (χ3n) is 20.2. The molecule has 4 N–H and O–H groups in total. The minimum absolute atomic E-state index is 0. The second kappa shape index (κ2) is 27.9. The average molecular weight is 1200 g/mol. The number of carbonyl (C=O) groups excluding carboxylic acids is 4. The van der Waals surface area contributed by atoms with Gasteiger partial charge in [-0.05, 0) is 228 Å². The zero-order valence-electron chi connectivity index (χ0n) is 54.3. The molecule has 3 aliphatic carbocycles. The molecule has 3 aromatic carbocycles. The monoisotopic (exact) mass is 1200 g/mol. The van der Waals surface area contributed by atoms with Crippen LogP contribution >= 0.6 is 0 Å². The van der Waals surface area contributed by atoms with Crippen molar-refractivity contribution in [3.05, 3.63) is 106 Å². The van der Waals surface area contributed by atoms with Crippen LogP contribution in [0.25, 0.3) is 0 Å². The van der Waals surface area contributed by atoms with Gasteiger partial charge in [0.2, 0.25) is 23.6 Å². The van der Waals surface area contributed by atoms with Crippen molar-refractivity contribution in [2.75, 3.05) is 72.1 Å². The summed E-state index contributed by atoms with van der Waals surface area (Å²) >= 11 is 0. The first-order valence-electron chi connectivity index (χ1n) is 32.7. The smallest absolute Gasteiger partial charge is 0.272 e. The Morgan fingerprint density at radius 1 is 0.558 bits per heavy atom. The molecule has 10 rings (SSSR count). The Bertz CT molecular complexity index is 2800. The van der Waals surface area contributed by atoms with Crippen molar-refractivity contribution >= 4 is 23.6 Å². The number of carbonyl (C=O) groups is 4. The average Bonchev–Trinajstić information content (AvgIpc) is 0.820. The Hall–Kier alpha value is -4.83. The minimum atomic E-state index is -2.94. The number of likely N-dealkylation sites (tertiary alicyclic amines) is 3. The van der Waals surface area contributed by atoms with E-state index in [-0.39, 0.29) is 71.2 Å². The molecule has 484 valence electrons. The van der Waals surface area contributed by atoms with E-state index in [1.165, 1.54) is 82.8 Å². The van der Waals surface area contributed by atoms with Crippen LogP contribution in [-0.2, 0) is 40.2 Å². The van der Waals surface area contributed by atoms with Gasteiger partial charge in [-0.15, -0.1) is 0 Å². The molecule has 3 spiro atoms. The van der Waals surface area contributed by atoms with Crippen molar-refractivity contribution in [1.82, 2.24) is 36.0 Å². The number of alkyl halides is 2. The maximum atomic E-state index is 15.1. The standard InChI is InChI=1S/C25H38N2O2.C24H36FN3O2.C22H32F2N2O.4H2/c1-24(2,3)12-15-27-16-13-25(14-17-27)11-10-21(19-7-4-5-8-20(19)25)26-23(28)22-9-6-18-29-22;1-17(29)26-16-22(30)27-21-7-8-24(20-15-18(25)5-6-19(20)21)10-13-28(14-11-24)12-9-23(2,3)4;1-16(27)25-19-17-7-5-6-8-18(17)21(15-22(19,23)24)10-13-26(14-11-21)12-9-20(2,3)4;;;;/h4-5,7-8,21-22H,6,9-18H2,1-3H3,(H,26,28);5-6,15,21H,7-14,16H2,1-4H3,(H,26,29)(H,27,30);5-8,19H,9-15H2,1-4H3,(H,25,27);4*1H/t21-,22?;21-;19-;;;;/m001..../s1. The molecule has 0 bridgehead atoms. The predicted octanol–water partition coefficient (Wildman–Crippen LogP) is 13.9. The summed E-state index contributed by atoms with van der Waals surface area (Å²) in [5, 5.41) is 11.4. The van der Waals surface area contributed by atoms with E-state index >= 15 is 8.78 Å². The van der Waals surface area contributed by atoms with Crippen LogP contribution in [0.5, 0.6) is 0 Å². The molecular weight excluding hydrogens is 1090 g/mol. The van der Waals surface area contributed by atoms with Crippen LogP contribution in [-0.4, -0.2) is 122 Å². The number of rotatable bonds is 12. The number of hydrogen-bond donors (Lipinski definition) is 4. The number of ether oxygens (including phenoxy) is 1. The lowest BCUT2D eigenvalue weighted by atomic mass is 9.62. The van der Waals surface area contributed by atoms with E-state index in [0.717, 1.165) is 120 Å². The number of benzene rings is 3. The van der Waals surface area contributed by atoms with Gasteiger partial charge >= 0.3 is 0 Å². The van der Waals surface area contributed by atoms with E-state index < -0.39 is 23.3 Å². The second-order valence-corrected chi connectivity index (χ2v) is 30.4. The first-order chi connectivity index (χ1) is 40.5. The number of nitrogens with one attached hydrogen (secondary N) is 4. The molecule has 15 heteroatoms. The van der Waals surface area contributed by atoms with Crippen LogP contribution in [0.2, 0.25) is 0 Å². The number of halogens is 3. The van der Waals surface area contributed by atoms with E-state index in [4.69, 9.17) is 4.74 Å². The second-order valence-electron chi connectivity index (χ2n) is 30.4. The Morgan fingerprint density at radius 2 is 1.01 bits per heavy atom. The summed E-state index contributed by atoms with van der Waals surface area (Å²) in [6.07, 6.45) is 15.0. The van der Waals surface area contributed by atoms with Crippen LogP contribution in [0.3, 0.4) is 0 Å². The molecule has 4 aliphatic heterocycles. The lowest BCUT2D eigenvalue weighted by Gasteiger charge is -2.50. The molecule has 4 heterocycles. The predicted molar refractivity (Wildman–Crippen MR) is 346 cm³/mol. The molecular formula is C71H114F3N7O5. The maximum Gasteiger partial charge on any atom is 0.272 e. The number of nitrogens with zero attached hydrogens (tertiary/aromatic N) is 3. The highest BCUT2D eigenvalue weighted by molar-refractivity contribution is 5.84. The summed E-state index contributed by atoms with van der Waals surface area (Å²) in [6, 6.07) is 20.1. The number of fused-ring (bicyclic) bond motifs is 6. The zero-order valence-corrected chi connectivity index (χ0v) is 54.3. The lowest BCUT2D eigenvalue weighted by molar-refractivity contribution is -0.131. The zero-order chi connectivity index (χ0) is 62.3. The molecule has 4 saturated heterocycles. The quantitative estimate of drug-likeness (QED) is 0.141. The van der Waals surface area contributed by atoms with E-state index in [0.29, 0.717) is 28.4 Å². The lowest BCUT2D eigenvalue weighted by Crippen LogP contribution is -2.53. The SMILES string of the molecule is CC(=O)NCC(=O)N[C@H]1CCC2(CCN(CCC(C)(C)C)CC2)c2cc(F)ccc21.CC(=O)N[C@@H]1c2ccccc2C2(CCN(CCC(C)(C)C)CC2)CC1(F)F.CC(C)(C)CCN1CCC2(CC[C@H](NC(=O)C3CCCO3)c3ccccc32)CC1.[HH].[HH].[HH].[HH]. The van der Waals surface area contributed by atoms with Crippen LogP contribution < -0.4 is 21.3 Å². The van der Waals surface area contributed by atoms with Crippen molar-refractivity contribution in [2.45, 2.75) is 225 Å². The van der Waals surface area contributed by atoms with Crippen molar-refractivity contribution in [1.29, 1.82) is 0 Å². The van der Waals surface area contributed by atoms with Crippen LogP contribution in [0.4, 0.5) is 13.2 Å². The van der Waals surface area contributed by atoms with Crippen LogP contribution in [0, 0.1) is 22.1 Å². The summed E-state index contributed by atoms with van der Waals surface area (Å²) in [5.74, 6) is -3.92. The Balaban J connectivity index is 0.000000282. The molecule has 4 amide bonds. The number of amides is 4. The molecule has 86 heavy (non-hydrogen) atoms. The highest BCUT2D eigenvalue weighted by Crippen LogP contribution is 2.55. The fourth-order valence-corrected chi connectivity index (χ4v) is 14.9. The van der Waals surface area contributed by atoms with Crippen molar-refractivity contribution < 1.29 is 42.8 Å². The molecule has 4 fully saturated rings.